The van der Waals surface area contributed by atoms with Crippen LogP contribution in [-0.2, 0) is 17.1 Å². The van der Waals surface area contributed by atoms with E-state index in [9.17, 15) is 26.4 Å². The van der Waals surface area contributed by atoms with E-state index in [1.807, 2.05) is 0 Å². The fourth-order valence-electron chi connectivity index (χ4n) is 2.80. The summed E-state index contributed by atoms with van der Waals surface area (Å²) in [5.74, 6) is -0.606. The van der Waals surface area contributed by atoms with Crippen LogP contribution in [0.4, 0.5) is 13.2 Å². The third-order valence-electron chi connectivity index (χ3n) is 4.13. The van der Waals surface area contributed by atoms with Crippen molar-refractivity contribution in [3.05, 3.63) is 28.7 Å². The van der Waals surface area contributed by atoms with E-state index in [1.165, 1.54) is 34.7 Å². The van der Waals surface area contributed by atoms with Crippen LogP contribution < -0.4 is 5.76 Å². The number of halogens is 3. The Kier molecular flexibility index (Phi) is 4.41. The number of oxazole rings is 1. The first-order valence-electron chi connectivity index (χ1n) is 7.47. The van der Waals surface area contributed by atoms with Crippen molar-refractivity contribution in [2.45, 2.75) is 11.1 Å². The minimum atomic E-state index is -4.31. The second kappa shape index (κ2) is 6.15. The number of nitrogens with zero attached hydrogens (tertiary/aromatic N) is 3. The molecule has 1 aliphatic heterocycles. The first kappa shape index (κ1) is 18.0. The molecule has 0 bridgehead atoms. The molecule has 0 radical (unpaired) electrons. The zero-order chi connectivity index (χ0) is 18.4. The van der Waals surface area contributed by atoms with Gasteiger partial charge in [0.25, 0.3) is 0 Å². The van der Waals surface area contributed by atoms with Crippen molar-refractivity contribution in [2.24, 2.45) is 7.05 Å². The van der Waals surface area contributed by atoms with E-state index in [1.54, 1.807) is 0 Å². The Morgan fingerprint density at radius 1 is 1.16 bits per heavy atom. The highest BCUT2D eigenvalue weighted by Crippen LogP contribution is 2.23. The lowest BCUT2D eigenvalue weighted by Gasteiger charge is -2.34. The number of fused-ring (bicyclic) bond motifs is 1. The first-order valence-corrected chi connectivity index (χ1v) is 8.91. The maximum absolute atomic E-state index is 12.7. The van der Waals surface area contributed by atoms with E-state index in [0.717, 1.165) is 4.31 Å². The van der Waals surface area contributed by atoms with Crippen LogP contribution in [0, 0.1) is 0 Å². The topological polar surface area (TPSA) is 75.8 Å². The average Bonchev–Trinajstić information content (AvgIpc) is 2.81. The van der Waals surface area contributed by atoms with Crippen molar-refractivity contribution in [1.82, 2.24) is 13.8 Å². The molecule has 0 atom stereocenters. The maximum Gasteiger partial charge on any atom is 0.419 e. The Labute approximate surface area is 141 Å². The van der Waals surface area contributed by atoms with E-state index >= 15 is 0 Å². The van der Waals surface area contributed by atoms with Gasteiger partial charge in [0, 0.05) is 33.2 Å². The average molecular weight is 379 g/mol. The predicted octanol–water partition coefficient (Wildman–Crippen LogP) is 1.00. The van der Waals surface area contributed by atoms with Gasteiger partial charge in [-0.15, -0.1) is 0 Å². The van der Waals surface area contributed by atoms with Gasteiger partial charge in [-0.2, -0.15) is 17.5 Å². The first-order chi connectivity index (χ1) is 11.6. The molecule has 1 saturated heterocycles. The highest BCUT2D eigenvalue weighted by molar-refractivity contribution is 7.89. The standard InChI is InChI=1S/C14H16F3N3O4S/c1-18-11-8-10(2-3-12(11)24-13(18)21)25(22,23)20-6-4-19(5-7-20)9-14(15,16)17/h2-3,8H,4-7,9H2,1H3. The molecular weight excluding hydrogens is 363 g/mol. The molecule has 2 aromatic rings. The van der Waals surface area contributed by atoms with E-state index < -0.39 is 28.5 Å². The number of hydrogen-bond donors (Lipinski definition) is 0. The minimum Gasteiger partial charge on any atom is -0.408 e. The lowest BCUT2D eigenvalue weighted by atomic mass is 10.3. The molecule has 138 valence electrons. The van der Waals surface area contributed by atoms with Crippen LogP contribution in [0.25, 0.3) is 11.1 Å². The van der Waals surface area contributed by atoms with Crippen molar-refractivity contribution in [1.29, 1.82) is 0 Å². The molecule has 1 aliphatic rings. The van der Waals surface area contributed by atoms with Gasteiger partial charge in [-0.25, -0.2) is 13.2 Å². The molecule has 0 amide bonds. The summed E-state index contributed by atoms with van der Waals surface area (Å²) in [4.78, 5) is 12.6. The summed E-state index contributed by atoms with van der Waals surface area (Å²) < 4.78 is 70.0. The molecule has 11 heteroatoms. The molecule has 1 fully saturated rings. The molecule has 0 saturated carbocycles. The monoisotopic (exact) mass is 379 g/mol. The fraction of sp³-hybridized carbons (Fsp3) is 0.500. The van der Waals surface area contributed by atoms with E-state index in [-0.39, 0.29) is 36.7 Å². The molecule has 1 aromatic heterocycles. The number of hydrogen-bond acceptors (Lipinski definition) is 5. The number of aryl methyl sites for hydroxylation is 1. The number of benzene rings is 1. The summed E-state index contributed by atoms with van der Waals surface area (Å²) in [7, 11) is -2.40. The van der Waals surface area contributed by atoms with Gasteiger partial charge in [0.15, 0.2) is 5.58 Å². The summed E-state index contributed by atoms with van der Waals surface area (Å²) in [6, 6.07) is 4.05. The Bertz CT molecular complexity index is 940. The molecule has 2 heterocycles. The second-order valence-electron chi connectivity index (χ2n) is 5.85. The lowest BCUT2D eigenvalue weighted by molar-refractivity contribution is -0.148. The Morgan fingerprint density at radius 2 is 1.80 bits per heavy atom. The highest BCUT2D eigenvalue weighted by Gasteiger charge is 2.35. The van der Waals surface area contributed by atoms with Crippen molar-refractivity contribution in [3.63, 3.8) is 0 Å². The largest absolute Gasteiger partial charge is 0.419 e. The van der Waals surface area contributed by atoms with Crippen molar-refractivity contribution >= 4 is 21.1 Å². The summed E-state index contributed by atoms with van der Waals surface area (Å²) in [5.41, 5.74) is 0.600. The van der Waals surface area contributed by atoms with Crippen LogP contribution >= 0.6 is 0 Å². The van der Waals surface area contributed by atoms with Crippen LogP contribution in [0.15, 0.2) is 32.3 Å². The maximum atomic E-state index is 12.7. The van der Waals surface area contributed by atoms with Gasteiger partial charge < -0.3 is 4.42 Å². The SMILES string of the molecule is Cn1c(=O)oc2ccc(S(=O)(=O)N3CCN(CC(F)(F)F)CC3)cc21. The van der Waals surface area contributed by atoms with E-state index in [0.29, 0.717) is 5.52 Å². The Balaban J connectivity index is 1.81. The lowest BCUT2D eigenvalue weighted by Crippen LogP contribution is -2.50. The third-order valence-corrected chi connectivity index (χ3v) is 6.03. The molecule has 0 spiro atoms. The van der Waals surface area contributed by atoms with Crippen molar-refractivity contribution in [3.8, 4) is 0 Å². The molecule has 0 unspecified atom stereocenters. The Hall–Kier alpha value is -1.85. The second-order valence-corrected chi connectivity index (χ2v) is 7.79. The van der Waals surface area contributed by atoms with Crippen LogP contribution in [0.1, 0.15) is 0 Å². The van der Waals surface area contributed by atoms with Crippen molar-refractivity contribution in [2.75, 3.05) is 32.7 Å². The van der Waals surface area contributed by atoms with Crippen LogP contribution in [0.3, 0.4) is 0 Å². The smallest absolute Gasteiger partial charge is 0.408 e. The summed E-state index contributed by atoms with van der Waals surface area (Å²) in [5, 5.41) is 0. The molecule has 7 nitrogen and oxygen atoms in total. The normalized spacial score (nSPS) is 18.1. The molecule has 0 aliphatic carbocycles. The summed E-state index contributed by atoms with van der Waals surface area (Å²) >= 11 is 0. The third kappa shape index (κ3) is 3.58. The van der Waals surface area contributed by atoms with Crippen LogP contribution in [0.5, 0.6) is 0 Å². The van der Waals surface area contributed by atoms with Crippen LogP contribution in [-0.4, -0.2) is 61.1 Å². The van der Waals surface area contributed by atoms with Gasteiger partial charge in [0.1, 0.15) is 0 Å². The Morgan fingerprint density at radius 3 is 2.40 bits per heavy atom. The van der Waals surface area contributed by atoms with E-state index in [2.05, 4.69) is 0 Å². The molecule has 0 N–H and O–H groups in total. The van der Waals surface area contributed by atoms with Gasteiger partial charge in [-0.05, 0) is 18.2 Å². The van der Waals surface area contributed by atoms with Crippen molar-refractivity contribution < 1.29 is 26.0 Å². The quantitative estimate of drug-likeness (QED) is 0.795. The number of alkyl halides is 3. The predicted molar refractivity (Wildman–Crippen MR) is 82.7 cm³/mol. The number of rotatable bonds is 3. The zero-order valence-electron chi connectivity index (χ0n) is 13.3. The molecule has 25 heavy (non-hydrogen) atoms. The minimum absolute atomic E-state index is 0.00514. The number of piperazine rings is 1. The summed E-state index contributed by atoms with van der Waals surface area (Å²) in [6.45, 7) is -1.10. The van der Waals surface area contributed by atoms with Gasteiger partial charge >= 0.3 is 11.9 Å². The highest BCUT2D eigenvalue weighted by atomic mass is 32.2. The number of aromatic nitrogens is 1. The van der Waals surface area contributed by atoms with Crippen LogP contribution in [0.2, 0.25) is 0 Å². The zero-order valence-corrected chi connectivity index (χ0v) is 14.1. The van der Waals surface area contributed by atoms with Gasteiger partial charge in [-0.3, -0.25) is 9.47 Å². The molecule has 3 rings (SSSR count). The molecule has 1 aromatic carbocycles. The summed E-state index contributed by atoms with van der Waals surface area (Å²) in [6.07, 6.45) is -4.31. The van der Waals surface area contributed by atoms with Gasteiger partial charge in [0.2, 0.25) is 10.0 Å². The van der Waals surface area contributed by atoms with Gasteiger partial charge in [0.05, 0.1) is 17.0 Å². The molecular formula is C14H16F3N3O4S. The van der Waals surface area contributed by atoms with Gasteiger partial charge in [-0.1, -0.05) is 0 Å². The van der Waals surface area contributed by atoms with E-state index in [4.69, 9.17) is 4.42 Å². The fourth-order valence-corrected chi connectivity index (χ4v) is 4.24. The number of sulfonamides is 1.